The van der Waals surface area contributed by atoms with Gasteiger partial charge in [0, 0.05) is 24.3 Å². The molecule has 0 atom stereocenters. The summed E-state index contributed by atoms with van der Waals surface area (Å²) in [5.74, 6) is 0.000672. The van der Waals surface area contributed by atoms with Gasteiger partial charge in [-0.3, -0.25) is 14.7 Å². The fourth-order valence-electron chi connectivity index (χ4n) is 3.22. The Morgan fingerprint density at radius 1 is 1.11 bits per heavy atom. The quantitative estimate of drug-likeness (QED) is 0.742. The Labute approximate surface area is 167 Å². The number of hydrogen-bond acceptors (Lipinski definition) is 3. The Balaban J connectivity index is 1.66. The monoisotopic (exact) mass is 432 g/mol. The van der Waals surface area contributed by atoms with Gasteiger partial charge in [-0.25, -0.2) is 0 Å². The normalized spacial score (nSPS) is 14.9. The lowest BCUT2D eigenvalue weighted by atomic mass is 10.1. The van der Waals surface area contributed by atoms with Gasteiger partial charge in [-0.15, -0.1) is 0 Å². The minimum atomic E-state index is -0.295. The van der Waals surface area contributed by atoms with Gasteiger partial charge in [0.2, 0.25) is 0 Å². The predicted octanol–water partition coefficient (Wildman–Crippen LogP) is 4.56. The second kappa shape index (κ2) is 8.69. The molecule has 27 heavy (non-hydrogen) atoms. The standard InChI is InChI=1S/C20H25BrN4O2/c1-13(2)17-16(21)18(24-23-17)19(26)22-15-9-7-14(8-10-15)20(27)25-11-5-3-4-6-12-25/h7-10,13H,3-6,11-12H2,1-2H3,(H,22,26)(H,23,24). The average molecular weight is 433 g/mol. The molecule has 3 rings (SSSR count). The van der Waals surface area contributed by atoms with Gasteiger partial charge in [-0.05, 0) is 59.0 Å². The van der Waals surface area contributed by atoms with Crippen molar-refractivity contribution in [1.29, 1.82) is 0 Å². The highest BCUT2D eigenvalue weighted by Gasteiger charge is 2.20. The number of anilines is 1. The lowest BCUT2D eigenvalue weighted by Gasteiger charge is -2.20. The van der Waals surface area contributed by atoms with E-state index in [0.29, 0.717) is 21.4 Å². The average Bonchev–Trinajstić information content (AvgIpc) is 2.86. The van der Waals surface area contributed by atoms with Gasteiger partial charge in [-0.1, -0.05) is 26.7 Å². The maximum Gasteiger partial charge on any atom is 0.277 e. The van der Waals surface area contributed by atoms with E-state index in [-0.39, 0.29) is 17.7 Å². The molecule has 0 radical (unpaired) electrons. The number of amides is 2. The third-order valence-corrected chi connectivity index (χ3v) is 5.61. The number of carbonyl (C=O) groups is 2. The Morgan fingerprint density at radius 3 is 2.30 bits per heavy atom. The number of benzene rings is 1. The lowest BCUT2D eigenvalue weighted by Crippen LogP contribution is -2.31. The van der Waals surface area contributed by atoms with Crippen LogP contribution < -0.4 is 5.32 Å². The maximum absolute atomic E-state index is 12.6. The first-order valence-electron chi connectivity index (χ1n) is 9.42. The number of carbonyl (C=O) groups excluding carboxylic acids is 2. The first-order valence-corrected chi connectivity index (χ1v) is 10.2. The summed E-state index contributed by atoms with van der Waals surface area (Å²) in [5, 5.41) is 9.83. The van der Waals surface area contributed by atoms with Crippen molar-refractivity contribution in [1.82, 2.24) is 15.1 Å². The summed E-state index contributed by atoms with van der Waals surface area (Å²) >= 11 is 3.44. The third-order valence-electron chi connectivity index (χ3n) is 4.81. The van der Waals surface area contributed by atoms with Crippen LogP contribution in [0.25, 0.3) is 0 Å². The topological polar surface area (TPSA) is 78.1 Å². The number of H-pyrrole nitrogens is 1. The maximum atomic E-state index is 12.6. The van der Waals surface area contributed by atoms with Crippen molar-refractivity contribution >= 4 is 33.4 Å². The van der Waals surface area contributed by atoms with E-state index >= 15 is 0 Å². The fraction of sp³-hybridized carbons (Fsp3) is 0.450. The van der Waals surface area contributed by atoms with E-state index in [9.17, 15) is 9.59 Å². The molecule has 2 N–H and O–H groups in total. The summed E-state index contributed by atoms with van der Waals surface area (Å²) in [4.78, 5) is 27.0. The van der Waals surface area contributed by atoms with Crippen LogP contribution in [0, 0.1) is 0 Å². The highest BCUT2D eigenvalue weighted by Crippen LogP contribution is 2.26. The number of rotatable bonds is 4. The molecule has 0 aliphatic carbocycles. The van der Waals surface area contributed by atoms with Crippen molar-refractivity contribution in [3.8, 4) is 0 Å². The van der Waals surface area contributed by atoms with Gasteiger partial charge in [0.1, 0.15) is 0 Å². The molecule has 0 unspecified atom stereocenters. The summed E-state index contributed by atoms with van der Waals surface area (Å²) in [6, 6.07) is 7.05. The van der Waals surface area contributed by atoms with Crippen LogP contribution in [-0.2, 0) is 0 Å². The van der Waals surface area contributed by atoms with Crippen molar-refractivity contribution in [2.45, 2.75) is 45.4 Å². The van der Waals surface area contributed by atoms with Crippen LogP contribution in [0.1, 0.15) is 72.0 Å². The van der Waals surface area contributed by atoms with Crippen molar-refractivity contribution in [3.05, 3.63) is 45.7 Å². The predicted molar refractivity (Wildman–Crippen MR) is 109 cm³/mol. The summed E-state index contributed by atoms with van der Waals surface area (Å²) in [7, 11) is 0. The Morgan fingerprint density at radius 2 is 1.74 bits per heavy atom. The van der Waals surface area contributed by atoms with Crippen LogP contribution in [0.15, 0.2) is 28.7 Å². The highest BCUT2D eigenvalue weighted by atomic mass is 79.9. The number of halogens is 1. The van der Waals surface area contributed by atoms with Crippen molar-refractivity contribution in [2.75, 3.05) is 18.4 Å². The smallest absolute Gasteiger partial charge is 0.277 e. The zero-order chi connectivity index (χ0) is 19.4. The Bertz CT molecular complexity index is 806. The van der Waals surface area contributed by atoms with E-state index in [1.807, 2.05) is 18.7 Å². The molecule has 2 amide bonds. The molecule has 7 heteroatoms. The SMILES string of the molecule is CC(C)c1[nH]nc(C(=O)Nc2ccc(C(=O)N3CCCCCC3)cc2)c1Br. The number of nitrogens with zero attached hydrogens (tertiary/aromatic N) is 2. The molecule has 6 nitrogen and oxygen atoms in total. The van der Waals surface area contributed by atoms with Crippen LogP contribution >= 0.6 is 15.9 Å². The van der Waals surface area contributed by atoms with E-state index in [2.05, 4.69) is 31.4 Å². The van der Waals surface area contributed by atoms with E-state index in [1.165, 1.54) is 12.8 Å². The van der Waals surface area contributed by atoms with E-state index < -0.39 is 0 Å². The molecule has 1 aliphatic rings. The van der Waals surface area contributed by atoms with E-state index in [4.69, 9.17) is 0 Å². The van der Waals surface area contributed by atoms with Crippen LogP contribution in [0.2, 0.25) is 0 Å². The number of nitrogens with one attached hydrogen (secondary N) is 2. The first-order chi connectivity index (χ1) is 13.0. The van der Waals surface area contributed by atoms with Gasteiger partial charge >= 0.3 is 0 Å². The van der Waals surface area contributed by atoms with Gasteiger partial charge in [0.25, 0.3) is 11.8 Å². The summed E-state index contributed by atoms with van der Waals surface area (Å²) in [6.45, 7) is 5.70. The molecule has 1 aromatic heterocycles. The second-order valence-corrected chi connectivity index (χ2v) is 7.99. The van der Waals surface area contributed by atoms with Gasteiger partial charge in [-0.2, -0.15) is 5.10 Å². The minimum Gasteiger partial charge on any atom is -0.339 e. The first kappa shape index (κ1) is 19.6. The Hall–Kier alpha value is -2.15. The minimum absolute atomic E-state index is 0.0615. The zero-order valence-corrected chi connectivity index (χ0v) is 17.3. The third kappa shape index (κ3) is 4.58. The molecule has 1 fully saturated rings. The van der Waals surface area contributed by atoms with E-state index in [0.717, 1.165) is 31.6 Å². The molecule has 1 aliphatic heterocycles. The summed E-state index contributed by atoms with van der Waals surface area (Å²) in [6.07, 6.45) is 4.51. The molecule has 1 aromatic carbocycles. The molecule has 1 saturated heterocycles. The molecule has 144 valence electrons. The zero-order valence-electron chi connectivity index (χ0n) is 15.7. The lowest BCUT2D eigenvalue weighted by molar-refractivity contribution is 0.0761. The summed E-state index contributed by atoms with van der Waals surface area (Å²) < 4.78 is 0.683. The largest absolute Gasteiger partial charge is 0.339 e. The molecule has 2 heterocycles. The van der Waals surface area contributed by atoms with Crippen molar-refractivity contribution < 1.29 is 9.59 Å². The molecule has 0 saturated carbocycles. The fourth-order valence-corrected chi connectivity index (χ4v) is 4.03. The van der Waals surface area contributed by atoms with Gasteiger partial charge in [0.05, 0.1) is 10.2 Å². The Kier molecular flexibility index (Phi) is 6.31. The van der Waals surface area contributed by atoms with Gasteiger partial charge < -0.3 is 10.2 Å². The van der Waals surface area contributed by atoms with Crippen molar-refractivity contribution in [2.24, 2.45) is 0 Å². The molecular formula is C20H25BrN4O2. The van der Waals surface area contributed by atoms with Gasteiger partial charge in [0.15, 0.2) is 5.69 Å². The van der Waals surface area contributed by atoms with Crippen LogP contribution in [0.4, 0.5) is 5.69 Å². The van der Waals surface area contributed by atoms with Crippen LogP contribution in [0.5, 0.6) is 0 Å². The number of likely N-dealkylation sites (tertiary alicyclic amines) is 1. The molecular weight excluding hydrogens is 408 g/mol. The summed E-state index contributed by atoms with van der Waals surface area (Å²) in [5.41, 5.74) is 2.49. The second-order valence-electron chi connectivity index (χ2n) is 7.19. The number of aromatic amines is 1. The van der Waals surface area contributed by atoms with E-state index in [1.54, 1.807) is 24.3 Å². The number of aromatic nitrogens is 2. The highest BCUT2D eigenvalue weighted by molar-refractivity contribution is 9.10. The van der Waals surface area contributed by atoms with Crippen LogP contribution in [-0.4, -0.2) is 40.0 Å². The van der Waals surface area contributed by atoms with Crippen LogP contribution in [0.3, 0.4) is 0 Å². The van der Waals surface area contributed by atoms with Crippen molar-refractivity contribution in [3.63, 3.8) is 0 Å². The number of hydrogen-bond donors (Lipinski definition) is 2. The molecule has 0 bridgehead atoms. The molecule has 2 aromatic rings. The molecule has 0 spiro atoms.